The van der Waals surface area contributed by atoms with E-state index in [1.165, 1.54) is 14.0 Å². The van der Waals surface area contributed by atoms with E-state index in [1.807, 2.05) is 0 Å². The Morgan fingerprint density at radius 3 is 2.52 bits per heavy atom. The molecule has 0 radical (unpaired) electrons. The van der Waals surface area contributed by atoms with Crippen LogP contribution in [0.1, 0.15) is 29.3 Å². The minimum Gasteiger partial charge on any atom is -0.507 e. The average molecular weight is 317 g/mol. The maximum atomic E-state index is 12.3. The Morgan fingerprint density at radius 1 is 1.43 bits per heavy atom. The van der Waals surface area contributed by atoms with Gasteiger partial charge in [0.1, 0.15) is 11.3 Å². The highest BCUT2D eigenvalue weighted by Crippen LogP contribution is 2.25. The molecule has 0 bridgehead atoms. The number of aromatic carboxylic acids is 1. The third-order valence-electron chi connectivity index (χ3n) is 3.00. The largest absolute Gasteiger partial charge is 0.507 e. The molecule has 1 rings (SSSR count). The normalized spacial score (nSPS) is 13.1. The van der Waals surface area contributed by atoms with Crippen molar-refractivity contribution in [1.29, 1.82) is 0 Å². The van der Waals surface area contributed by atoms with Crippen molar-refractivity contribution in [3.05, 3.63) is 23.3 Å². The molecular weight excluding hydrogens is 298 g/mol. The lowest BCUT2D eigenvalue weighted by atomic mass is 10.1. The Labute approximate surface area is 123 Å². The van der Waals surface area contributed by atoms with Crippen LogP contribution in [0.5, 0.6) is 5.75 Å². The molecule has 1 aromatic carbocycles. The molecule has 0 heterocycles. The van der Waals surface area contributed by atoms with Gasteiger partial charge in [0.05, 0.1) is 11.5 Å². The number of carboxylic acid groups (broad SMARTS) is 1. The summed E-state index contributed by atoms with van der Waals surface area (Å²) in [6, 6.07) is 1.66. The molecule has 1 unspecified atom stereocenters. The summed E-state index contributed by atoms with van der Waals surface area (Å²) in [5.41, 5.74) is -0.196. The highest BCUT2D eigenvalue weighted by atomic mass is 32.2. The third kappa shape index (κ3) is 4.16. The van der Waals surface area contributed by atoms with Gasteiger partial charge in [-0.2, -0.15) is 0 Å². The molecule has 0 saturated carbocycles. The molecule has 8 heteroatoms. The summed E-state index contributed by atoms with van der Waals surface area (Å²) < 4.78 is 32.1. The van der Waals surface area contributed by atoms with Gasteiger partial charge in [-0.3, -0.25) is 0 Å². The minimum absolute atomic E-state index is 0.174. The Morgan fingerprint density at radius 2 is 2.05 bits per heavy atom. The average Bonchev–Trinajstić information content (AvgIpc) is 2.37. The second kappa shape index (κ2) is 6.88. The van der Waals surface area contributed by atoms with Crippen molar-refractivity contribution in [2.75, 3.05) is 13.7 Å². The van der Waals surface area contributed by atoms with E-state index < -0.39 is 33.3 Å². The van der Waals surface area contributed by atoms with Crippen LogP contribution in [0.4, 0.5) is 0 Å². The maximum Gasteiger partial charge on any atom is 0.339 e. The zero-order chi connectivity index (χ0) is 16.2. The molecule has 0 amide bonds. The van der Waals surface area contributed by atoms with Crippen molar-refractivity contribution >= 4 is 16.0 Å². The Bertz CT molecular complexity index is 626. The monoisotopic (exact) mass is 317 g/mol. The maximum absolute atomic E-state index is 12.3. The van der Waals surface area contributed by atoms with Gasteiger partial charge in [0.25, 0.3) is 0 Å². The number of sulfonamides is 1. The molecule has 0 spiro atoms. The first-order chi connectivity index (χ1) is 9.72. The molecule has 1 atom stereocenters. The van der Waals surface area contributed by atoms with Crippen LogP contribution in [0.3, 0.4) is 0 Å². The first-order valence-corrected chi connectivity index (χ1v) is 7.79. The summed E-state index contributed by atoms with van der Waals surface area (Å²) in [5.74, 6) is -1.87. The van der Waals surface area contributed by atoms with Gasteiger partial charge in [0, 0.05) is 13.2 Å². The molecule has 0 aliphatic carbocycles. The van der Waals surface area contributed by atoms with Crippen molar-refractivity contribution in [3.8, 4) is 5.75 Å². The van der Waals surface area contributed by atoms with Crippen molar-refractivity contribution < 1.29 is 28.2 Å². The molecule has 0 saturated heterocycles. The van der Waals surface area contributed by atoms with E-state index >= 15 is 0 Å². The molecule has 21 heavy (non-hydrogen) atoms. The Hall–Kier alpha value is -1.64. The van der Waals surface area contributed by atoms with Crippen LogP contribution in [0, 0.1) is 6.92 Å². The highest BCUT2D eigenvalue weighted by molar-refractivity contribution is 7.89. The van der Waals surface area contributed by atoms with Crippen LogP contribution in [0.2, 0.25) is 0 Å². The number of carboxylic acids is 1. The number of ether oxygens (including phenoxy) is 1. The fourth-order valence-electron chi connectivity index (χ4n) is 1.85. The van der Waals surface area contributed by atoms with Crippen LogP contribution in [-0.4, -0.2) is 44.4 Å². The van der Waals surface area contributed by atoms with Crippen LogP contribution < -0.4 is 4.72 Å². The lowest BCUT2D eigenvalue weighted by molar-refractivity contribution is 0.0693. The summed E-state index contributed by atoms with van der Waals surface area (Å²) >= 11 is 0. The van der Waals surface area contributed by atoms with Crippen LogP contribution in [0.15, 0.2) is 17.0 Å². The van der Waals surface area contributed by atoms with Gasteiger partial charge in [0.2, 0.25) is 10.0 Å². The quantitative estimate of drug-likeness (QED) is 0.694. The number of nitrogens with one attached hydrogen (secondary N) is 1. The lowest BCUT2D eigenvalue weighted by Crippen LogP contribution is -2.37. The van der Waals surface area contributed by atoms with Crippen LogP contribution >= 0.6 is 0 Å². The minimum atomic E-state index is -3.90. The van der Waals surface area contributed by atoms with Crippen molar-refractivity contribution in [2.45, 2.75) is 31.2 Å². The fraction of sp³-hybridized carbons (Fsp3) is 0.462. The fourth-order valence-corrected chi connectivity index (χ4v) is 3.41. The number of aryl methyl sites for hydroxylation is 1. The number of rotatable bonds is 7. The number of benzene rings is 1. The van der Waals surface area contributed by atoms with Gasteiger partial charge >= 0.3 is 5.97 Å². The number of hydrogen-bond acceptors (Lipinski definition) is 5. The standard InChI is InChI=1S/C13H19NO6S/c1-4-9(7-20-3)14-21(18,19)12-6-10(13(16)17)11(15)5-8(12)2/h5-6,9,14-15H,4,7H2,1-3H3,(H,16,17). The van der Waals surface area contributed by atoms with Gasteiger partial charge in [-0.15, -0.1) is 0 Å². The first kappa shape index (κ1) is 17.4. The Balaban J connectivity index is 3.25. The number of aromatic hydroxyl groups is 1. The van der Waals surface area contributed by atoms with E-state index in [-0.39, 0.29) is 17.1 Å². The number of phenols is 1. The van der Waals surface area contributed by atoms with Crippen LogP contribution in [-0.2, 0) is 14.8 Å². The van der Waals surface area contributed by atoms with Gasteiger partial charge < -0.3 is 14.9 Å². The van der Waals surface area contributed by atoms with Crippen molar-refractivity contribution in [2.24, 2.45) is 0 Å². The second-order valence-corrected chi connectivity index (χ2v) is 6.30. The molecule has 3 N–H and O–H groups in total. The molecule has 0 fully saturated rings. The van der Waals surface area contributed by atoms with Gasteiger partial charge in [-0.1, -0.05) is 6.92 Å². The highest BCUT2D eigenvalue weighted by Gasteiger charge is 2.24. The van der Waals surface area contributed by atoms with E-state index in [9.17, 15) is 18.3 Å². The van der Waals surface area contributed by atoms with Gasteiger partial charge in [0.15, 0.2) is 0 Å². The number of hydrogen-bond donors (Lipinski definition) is 3. The summed E-state index contributed by atoms with van der Waals surface area (Å²) in [6.07, 6.45) is 0.524. The van der Waals surface area contributed by atoms with Crippen molar-refractivity contribution in [3.63, 3.8) is 0 Å². The van der Waals surface area contributed by atoms with E-state index in [1.54, 1.807) is 6.92 Å². The van der Waals surface area contributed by atoms with Gasteiger partial charge in [-0.05, 0) is 31.0 Å². The molecule has 1 aromatic rings. The zero-order valence-corrected chi connectivity index (χ0v) is 12.9. The van der Waals surface area contributed by atoms with E-state index in [4.69, 9.17) is 9.84 Å². The first-order valence-electron chi connectivity index (χ1n) is 6.31. The summed E-state index contributed by atoms with van der Waals surface area (Å²) in [7, 11) is -2.44. The van der Waals surface area contributed by atoms with E-state index in [0.29, 0.717) is 6.42 Å². The SMILES string of the molecule is CCC(COC)NS(=O)(=O)c1cc(C(=O)O)c(O)cc1C. The third-order valence-corrected chi connectivity index (χ3v) is 4.66. The second-order valence-electron chi connectivity index (χ2n) is 4.62. The smallest absolute Gasteiger partial charge is 0.339 e. The number of methoxy groups -OCH3 is 1. The zero-order valence-electron chi connectivity index (χ0n) is 12.1. The summed E-state index contributed by atoms with van der Waals surface area (Å²) in [4.78, 5) is 10.8. The molecule has 118 valence electrons. The van der Waals surface area contributed by atoms with E-state index in [0.717, 1.165) is 12.1 Å². The molecule has 0 aliphatic heterocycles. The Kier molecular flexibility index (Phi) is 5.70. The molecular formula is C13H19NO6S. The topological polar surface area (TPSA) is 113 Å². The predicted octanol–water partition coefficient (Wildman–Crippen LogP) is 1.10. The summed E-state index contributed by atoms with van der Waals surface area (Å²) in [6.45, 7) is 3.49. The van der Waals surface area contributed by atoms with Gasteiger partial charge in [-0.25, -0.2) is 17.9 Å². The molecule has 0 aromatic heterocycles. The van der Waals surface area contributed by atoms with E-state index in [2.05, 4.69) is 4.72 Å². The lowest BCUT2D eigenvalue weighted by Gasteiger charge is -2.17. The molecule has 0 aliphatic rings. The van der Waals surface area contributed by atoms with Crippen molar-refractivity contribution in [1.82, 2.24) is 4.72 Å². The molecule has 7 nitrogen and oxygen atoms in total. The predicted molar refractivity (Wildman–Crippen MR) is 76.1 cm³/mol. The van der Waals surface area contributed by atoms with Crippen LogP contribution in [0.25, 0.3) is 0 Å². The number of carbonyl (C=O) groups is 1. The summed E-state index contributed by atoms with van der Waals surface area (Å²) in [5, 5.41) is 18.5.